The number of anilines is 1. The number of nitrogens with zero attached hydrogens (tertiary/aromatic N) is 4. The normalized spacial score (nSPS) is 10.8. The third-order valence-corrected chi connectivity index (χ3v) is 5.13. The average molecular weight is 474 g/mol. The highest BCUT2D eigenvalue weighted by Crippen LogP contribution is 2.37. The van der Waals surface area contributed by atoms with E-state index in [4.69, 9.17) is 9.47 Å². The second-order valence-electron chi connectivity index (χ2n) is 7.05. The number of ether oxygens (including phenoxy) is 2. The van der Waals surface area contributed by atoms with Crippen LogP contribution in [-0.4, -0.2) is 26.8 Å². The molecule has 0 aliphatic carbocycles. The summed E-state index contributed by atoms with van der Waals surface area (Å²) in [7, 11) is 0. The molecule has 7 nitrogen and oxygen atoms in total. The van der Waals surface area contributed by atoms with Crippen LogP contribution in [0, 0.1) is 6.92 Å². The molecule has 1 heterocycles. The van der Waals surface area contributed by atoms with Crippen LogP contribution in [-0.2, 0) is 19.7 Å². The number of hydrogen-bond acceptors (Lipinski definition) is 6. The molecule has 8 heteroatoms. The summed E-state index contributed by atoms with van der Waals surface area (Å²) in [6.45, 7) is 8.58. The van der Waals surface area contributed by atoms with Gasteiger partial charge in [0.2, 0.25) is 5.95 Å². The van der Waals surface area contributed by atoms with Gasteiger partial charge in [0.25, 0.3) is 0 Å². The van der Waals surface area contributed by atoms with Crippen LogP contribution in [0.2, 0.25) is 0 Å². The van der Waals surface area contributed by atoms with Gasteiger partial charge in [-0.3, -0.25) is 0 Å². The first kappa shape index (κ1) is 22.1. The summed E-state index contributed by atoms with van der Waals surface area (Å²) < 4.78 is 14.6. The monoisotopic (exact) mass is 473 g/mol. The Hall–Kier alpha value is -2.61. The fraction of sp³-hybridized carbons (Fsp3) is 0.409. The van der Waals surface area contributed by atoms with E-state index in [0.717, 1.165) is 35.0 Å². The van der Waals surface area contributed by atoms with Gasteiger partial charge in [0.15, 0.2) is 11.5 Å². The minimum absolute atomic E-state index is 0.476. The Morgan fingerprint density at radius 3 is 2.73 bits per heavy atom. The predicted molar refractivity (Wildman–Crippen MR) is 121 cm³/mol. The molecule has 0 spiro atoms. The first-order chi connectivity index (χ1) is 14.6. The van der Waals surface area contributed by atoms with Crippen molar-refractivity contribution in [3.8, 4) is 11.5 Å². The summed E-state index contributed by atoms with van der Waals surface area (Å²) >= 11 is 3.65. The molecular formula is C22H28BrN5O2. The zero-order valence-corrected chi connectivity index (χ0v) is 19.3. The summed E-state index contributed by atoms with van der Waals surface area (Å²) in [5, 5.41) is 15.2. The number of tetrazole rings is 1. The van der Waals surface area contributed by atoms with E-state index in [2.05, 4.69) is 68.8 Å². The van der Waals surface area contributed by atoms with Crippen molar-refractivity contribution in [1.29, 1.82) is 0 Å². The lowest BCUT2D eigenvalue weighted by atomic mass is 10.1. The fourth-order valence-electron chi connectivity index (χ4n) is 3.05. The van der Waals surface area contributed by atoms with Crippen LogP contribution < -0.4 is 14.8 Å². The number of benzene rings is 2. The first-order valence-electron chi connectivity index (χ1n) is 10.2. The van der Waals surface area contributed by atoms with E-state index in [1.807, 2.05) is 25.1 Å². The zero-order chi connectivity index (χ0) is 21.3. The quantitative estimate of drug-likeness (QED) is 0.415. The van der Waals surface area contributed by atoms with Crippen LogP contribution in [0.5, 0.6) is 11.5 Å². The minimum atomic E-state index is 0.476. The molecule has 2 aromatic carbocycles. The van der Waals surface area contributed by atoms with E-state index < -0.39 is 0 Å². The molecule has 30 heavy (non-hydrogen) atoms. The highest BCUT2D eigenvalue weighted by Gasteiger charge is 2.14. The molecule has 0 aliphatic rings. The molecule has 0 atom stereocenters. The van der Waals surface area contributed by atoms with Gasteiger partial charge < -0.3 is 14.8 Å². The fourth-order valence-corrected chi connectivity index (χ4v) is 3.66. The van der Waals surface area contributed by atoms with Gasteiger partial charge in [-0.2, -0.15) is 0 Å². The van der Waals surface area contributed by atoms with Crippen LogP contribution in [0.4, 0.5) is 5.95 Å². The first-order valence-corrected chi connectivity index (χ1v) is 11.0. The van der Waals surface area contributed by atoms with E-state index in [0.29, 0.717) is 37.2 Å². The van der Waals surface area contributed by atoms with Crippen LogP contribution in [0.25, 0.3) is 0 Å². The predicted octanol–water partition coefficient (Wildman–Crippen LogP) is 5.13. The summed E-state index contributed by atoms with van der Waals surface area (Å²) in [4.78, 5) is 0. The molecular weight excluding hydrogens is 446 g/mol. The summed E-state index contributed by atoms with van der Waals surface area (Å²) in [6, 6.07) is 12.3. The lowest BCUT2D eigenvalue weighted by Gasteiger charge is -2.16. The molecule has 160 valence electrons. The Bertz CT molecular complexity index is 960. The average Bonchev–Trinajstić information content (AvgIpc) is 3.17. The zero-order valence-electron chi connectivity index (χ0n) is 17.7. The summed E-state index contributed by atoms with van der Waals surface area (Å²) in [5.41, 5.74) is 3.37. The third-order valence-electron chi connectivity index (χ3n) is 4.54. The third kappa shape index (κ3) is 5.95. The van der Waals surface area contributed by atoms with Gasteiger partial charge in [-0.1, -0.05) is 48.3 Å². The second-order valence-corrected chi connectivity index (χ2v) is 7.90. The molecule has 0 amide bonds. The topological polar surface area (TPSA) is 74.1 Å². The minimum Gasteiger partial charge on any atom is -0.490 e. The van der Waals surface area contributed by atoms with Crippen LogP contribution in [0.3, 0.4) is 0 Å². The Labute approximate surface area is 185 Å². The van der Waals surface area contributed by atoms with Gasteiger partial charge >= 0.3 is 0 Å². The molecule has 3 rings (SSSR count). The number of aromatic nitrogens is 4. The van der Waals surface area contributed by atoms with Gasteiger partial charge in [0.1, 0.15) is 6.61 Å². The van der Waals surface area contributed by atoms with Crippen molar-refractivity contribution in [3.63, 3.8) is 0 Å². The molecule has 0 radical (unpaired) electrons. The smallest absolute Gasteiger partial charge is 0.243 e. The van der Waals surface area contributed by atoms with Crippen molar-refractivity contribution >= 4 is 21.9 Å². The van der Waals surface area contributed by atoms with Crippen molar-refractivity contribution in [2.24, 2.45) is 0 Å². The van der Waals surface area contributed by atoms with E-state index >= 15 is 0 Å². The van der Waals surface area contributed by atoms with Crippen molar-refractivity contribution in [2.45, 2.75) is 53.3 Å². The number of aryl methyl sites for hydroxylation is 2. The summed E-state index contributed by atoms with van der Waals surface area (Å²) in [5.74, 6) is 2.08. The van der Waals surface area contributed by atoms with Gasteiger partial charge in [0.05, 0.1) is 11.1 Å². The molecule has 1 aromatic heterocycles. The van der Waals surface area contributed by atoms with Crippen molar-refractivity contribution in [2.75, 3.05) is 11.9 Å². The Morgan fingerprint density at radius 1 is 1.10 bits per heavy atom. The van der Waals surface area contributed by atoms with Crippen molar-refractivity contribution in [3.05, 3.63) is 57.6 Å². The van der Waals surface area contributed by atoms with Gasteiger partial charge in [0, 0.05) is 13.1 Å². The molecule has 0 saturated carbocycles. The lowest BCUT2D eigenvalue weighted by molar-refractivity contribution is 0.267. The highest BCUT2D eigenvalue weighted by atomic mass is 79.9. The maximum atomic E-state index is 6.10. The molecule has 1 N–H and O–H groups in total. The Balaban J connectivity index is 1.71. The molecule has 0 aliphatic heterocycles. The molecule has 3 aromatic rings. The van der Waals surface area contributed by atoms with Gasteiger partial charge in [-0.25, -0.2) is 4.68 Å². The molecule has 0 fully saturated rings. The van der Waals surface area contributed by atoms with Crippen molar-refractivity contribution < 1.29 is 9.47 Å². The van der Waals surface area contributed by atoms with Gasteiger partial charge in [-0.15, -0.1) is 0 Å². The second kappa shape index (κ2) is 11.0. The molecule has 0 bridgehead atoms. The standard InChI is InChI=1S/C22H28BrN5O2/c1-4-6-10-28-22(25-26-27-28)24-14-18-12-19(23)21(20(13-18)29-5-2)30-15-17-9-7-8-16(3)11-17/h7-9,11-13H,4-6,10,14-15H2,1-3H3,(H,24,25,27). The molecule has 0 saturated heterocycles. The lowest BCUT2D eigenvalue weighted by Crippen LogP contribution is -2.09. The van der Waals surface area contributed by atoms with Gasteiger partial charge in [-0.05, 0) is 69.9 Å². The number of hydrogen-bond donors (Lipinski definition) is 1. The highest BCUT2D eigenvalue weighted by molar-refractivity contribution is 9.10. The largest absolute Gasteiger partial charge is 0.490 e. The van der Waals surface area contributed by atoms with Crippen LogP contribution in [0.1, 0.15) is 43.4 Å². The number of nitrogens with one attached hydrogen (secondary N) is 1. The van der Waals surface area contributed by atoms with Crippen LogP contribution in [0.15, 0.2) is 40.9 Å². The Kier molecular flexibility index (Phi) is 8.07. The number of rotatable bonds is 11. The molecule has 0 unspecified atom stereocenters. The maximum Gasteiger partial charge on any atom is 0.243 e. The summed E-state index contributed by atoms with van der Waals surface area (Å²) in [6.07, 6.45) is 2.13. The Morgan fingerprint density at radius 2 is 1.97 bits per heavy atom. The maximum absolute atomic E-state index is 6.10. The van der Waals surface area contributed by atoms with E-state index in [1.54, 1.807) is 4.68 Å². The van der Waals surface area contributed by atoms with E-state index in [1.165, 1.54) is 5.56 Å². The van der Waals surface area contributed by atoms with Crippen LogP contribution >= 0.6 is 15.9 Å². The number of unbranched alkanes of at least 4 members (excludes halogenated alkanes) is 1. The van der Waals surface area contributed by atoms with E-state index in [9.17, 15) is 0 Å². The van der Waals surface area contributed by atoms with E-state index in [-0.39, 0.29) is 0 Å². The number of halogens is 1. The SMILES string of the molecule is CCCCn1nnnc1NCc1cc(Br)c(OCc2cccc(C)c2)c(OCC)c1. The van der Waals surface area contributed by atoms with Crippen molar-refractivity contribution in [1.82, 2.24) is 20.2 Å².